The summed E-state index contributed by atoms with van der Waals surface area (Å²) >= 11 is 0. The van der Waals surface area contributed by atoms with Crippen LogP contribution in [-0.4, -0.2) is 17.4 Å². The van der Waals surface area contributed by atoms with E-state index in [2.05, 4.69) is 10.3 Å². The van der Waals surface area contributed by atoms with E-state index in [4.69, 9.17) is 10.5 Å². The van der Waals surface area contributed by atoms with Crippen LogP contribution in [0.5, 0.6) is 5.75 Å². The second kappa shape index (κ2) is 8.81. The van der Waals surface area contributed by atoms with Crippen molar-refractivity contribution in [3.05, 3.63) is 54.4 Å². The van der Waals surface area contributed by atoms with Crippen molar-refractivity contribution in [2.24, 2.45) is 11.1 Å². The summed E-state index contributed by atoms with van der Waals surface area (Å²) in [5.41, 5.74) is 7.57. The van der Waals surface area contributed by atoms with E-state index in [1.807, 2.05) is 42.5 Å². The Kier molecular flexibility index (Phi) is 6.23. The maximum atomic E-state index is 12.5. The third kappa shape index (κ3) is 5.05. The van der Waals surface area contributed by atoms with Crippen LogP contribution in [0.15, 0.2) is 48.7 Å². The minimum Gasteiger partial charge on any atom is -0.487 e. The van der Waals surface area contributed by atoms with Gasteiger partial charge in [0, 0.05) is 24.4 Å². The van der Waals surface area contributed by atoms with Crippen molar-refractivity contribution in [2.75, 3.05) is 11.9 Å². The van der Waals surface area contributed by atoms with Crippen molar-refractivity contribution in [1.29, 1.82) is 0 Å². The number of ether oxygens (including phenoxy) is 1. The molecule has 138 valence electrons. The number of hydrogen-bond acceptors (Lipinski definition) is 4. The Bertz CT molecular complexity index is 712. The van der Waals surface area contributed by atoms with Crippen LogP contribution in [0.3, 0.4) is 0 Å². The second-order valence-corrected chi connectivity index (χ2v) is 7.13. The summed E-state index contributed by atoms with van der Waals surface area (Å²) in [4.78, 5) is 16.8. The quantitative estimate of drug-likeness (QED) is 0.791. The third-order valence-corrected chi connectivity index (χ3v) is 5.11. The number of carbonyl (C=O) groups excluding carboxylic acids is 1. The minimum atomic E-state index is -0.0323. The molecule has 5 nitrogen and oxygen atoms in total. The van der Waals surface area contributed by atoms with E-state index >= 15 is 0 Å². The highest BCUT2D eigenvalue weighted by atomic mass is 16.5. The van der Waals surface area contributed by atoms with Crippen molar-refractivity contribution < 1.29 is 9.53 Å². The molecule has 1 amide bonds. The number of anilines is 1. The highest BCUT2D eigenvalue weighted by Gasteiger charge is 2.32. The van der Waals surface area contributed by atoms with Crippen LogP contribution in [0.1, 0.15) is 44.2 Å². The van der Waals surface area contributed by atoms with Gasteiger partial charge in [-0.25, -0.2) is 0 Å². The fourth-order valence-electron chi connectivity index (χ4n) is 3.61. The van der Waals surface area contributed by atoms with Gasteiger partial charge in [0.05, 0.1) is 5.69 Å². The number of aromatic nitrogens is 1. The van der Waals surface area contributed by atoms with E-state index in [0.29, 0.717) is 25.3 Å². The van der Waals surface area contributed by atoms with Gasteiger partial charge < -0.3 is 15.8 Å². The normalized spacial score (nSPS) is 16.0. The largest absolute Gasteiger partial charge is 0.487 e. The standard InChI is InChI=1S/C21H27N3O2/c22-16-21(10-3-1-4-11-21)14-20(25)24-17-8-6-9-19(13-17)26-15-18-7-2-5-12-23-18/h2,5-9,12-13H,1,3-4,10-11,14-16,22H2,(H,24,25). The number of rotatable bonds is 7. The molecule has 0 spiro atoms. The molecule has 1 saturated carbocycles. The molecule has 2 aromatic rings. The third-order valence-electron chi connectivity index (χ3n) is 5.11. The van der Waals surface area contributed by atoms with Gasteiger partial charge in [0.2, 0.25) is 5.91 Å². The van der Waals surface area contributed by atoms with E-state index in [1.165, 1.54) is 19.3 Å². The zero-order valence-electron chi connectivity index (χ0n) is 15.1. The minimum absolute atomic E-state index is 0.0271. The number of carbonyl (C=O) groups is 1. The lowest BCUT2D eigenvalue weighted by Crippen LogP contribution is -2.36. The Balaban J connectivity index is 1.56. The molecule has 3 rings (SSSR count). The lowest BCUT2D eigenvalue weighted by molar-refractivity contribution is -0.118. The molecular weight excluding hydrogens is 326 g/mol. The fraction of sp³-hybridized carbons (Fsp3) is 0.429. The van der Waals surface area contributed by atoms with Crippen LogP contribution in [0.2, 0.25) is 0 Å². The van der Waals surface area contributed by atoms with E-state index in [-0.39, 0.29) is 11.3 Å². The summed E-state index contributed by atoms with van der Waals surface area (Å²) in [5, 5.41) is 3.00. The number of benzene rings is 1. The predicted octanol–water partition coefficient (Wildman–Crippen LogP) is 3.90. The molecule has 1 aromatic heterocycles. The maximum absolute atomic E-state index is 12.5. The molecule has 0 atom stereocenters. The molecule has 0 unspecified atom stereocenters. The first kappa shape index (κ1) is 18.4. The summed E-state index contributed by atoms with van der Waals surface area (Å²) in [7, 11) is 0. The summed E-state index contributed by atoms with van der Waals surface area (Å²) in [5.74, 6) is 0.735. The summed E-state index contributed by atoms with van der Waals surface area (Å²) < 4.78 is 5.77. The lowest BCUT2D eigenvalue weighted by atomic mass is 9.71. The molecule has 0 saturated heterocycles. The lowest BCUT2D eigenvalue weighted by Gasteiger charge is -2.35. The number of nitrogens with two attached hydrogens (primary N) is 1. The van der Waals surface area contributed by atoms with Crippen LogP contribution < -0.4 is 15.8 Å². The zero-order valence-corrected chi connectivity index (χ0v) is 15.1. The molecule has 1 aromatic carbocycles. The van der Waals surface area contributed by atoms with Crippen LogP contribution in [0.4, 0.5) is 5.69 Å². The van der Waals surface area contributed by atoms with Gasteiger partial charge in [-0.15, -0.1) is 0 Å². The summed E-state index contributed by atoms with van der Waals surface area (Å²) in [6.07, 6.45) is 7.91. The highest BCUT2D eigenvalue weighted by molar-refractivity contribution is 5.91. The molecule has 3 N–H and O–H groups in total. The molecule has 1 fully saturated rings. The molecule has 26 heavy (non-hydrogen) atoms. The number of pyridine rings is 1. The van der Waals surface area contributed by atoms with Gasteiger partial charge in [-0.2, -0.15) is 0 Å². The van der Waals surface area contributed by atoms with Gasteiger partial charge in [-0.1, -0.05) is 31.4 Å². The predicted molar refractivity (Wildman–Crippen MR) is 103 cm³/mol. The fourth-order valence-corrected chi connectivity index (χ4v) is 3.61. The van der Waals surface area contributed by atoms with E-state index < -0.39 is 0 Å². The number of amides is 1. The average Bonchev–Trinajstić information content (AvgIpc) is 2.68. The SMILES string of the molecule is NCC1(CC(=O)Nc2cccc(OCc3ccccn3)c2)CCCCC1. The van der Waals surface area contributed by atoms with Crippen LogP contribution in [-0.2, 0) is 11.4 Å². The second-order valence-electron chi connectivity index (χ2n) is 7.13. The van der Waals surface area contributed by atoms with Crippen LogP contribution >= 0.6 is 0 Å². The van der Waals surface area contributed by atoms with Gasteiger partial charge >= 0.3 is 0 Å². The van der Waals surface area contributed by atoms with E-state index in [9.17, 15) is 4.79 Å². The van der Waals surface area contributed by atoms with Crippen molar-refractivity contribution in [3.63, 3.8) is 0 Å². The average molecular weight is 353 g/mol. The van der Waals surface area contributed by atoms with Crippen molar-refractivity contribution in [1.82, 2.24) is 4.98 Å². The number of hydrogen-bond donors (Lipinski definition) is 2. The van der Waals surface area contributed by atoms with Crippen LogP contribution in [0.25, 0.3) is 0 Å². The first-order chi connectivity index (χ1) is 12.7. The van der Waals surface area contributed by atoms with Gasteiger partial charge in [-0.05, 0) is 49.1 Å². The first-order valence-electron chi connectivity index (χ1n) is 9.32. The molecular formula is C21H27N3O2. The van der Waals surface area contributed by atoms with Gasteiger partial charge in [0.1, 0.15) is 12.4 Å². The monoisotopic (exact) mass is 353 g/mol. The van der Waals surface area contributed by atoms with Crippen molar-refractivity contribution in [2.45, 2.75) is 45.1 Å². The van der Waals surface area contributed by atoms with Crippen molar-refractivity contribution in [3.8, 4) is 5.75 Å². The molecule has 1 aliphatic carbocycles. The maximum Gasteiger partial charge on any atom is 0.224 e. The Morgan fingerprint density at radius 2 is 2.00 bits per heavy atom. The van der Waals surface area contributed by atoms with Crippen molar-refractivity contribution >= 4 is 11.6 Å². The highest BCUT2D eigenvalue weighted by Crippen LogP contribution is 2.38. The Morgan fingerprint density at radius 1 is 1.15 bits per heavy atom. The van der Waals surface area contributed by atoms with Gasteiger partial charge in [-0.3, -0.25) is 9.78 Å². The number of nitrogens with one attached hydrogen (secondary N) is 1. The zero-order chi connectivity index (χ0) is 18.2. The van der Waals surface area contributed by atoms with Gasteiger partial charge in [0.25, 0.3) is 0 Å². The molecule has 1 aliphatic rings. The topological polar surface area (TPSA) is 77.2 Å². The Hall–Kier alpha value is -2.40. The summed E-state index contributed by atoms with van der Waals surface area (Å²) in [6.45, 7) is 0.974. The molecule has 5 heteroatoms. The molecule has 0 aliphatic heterocycles. The smallest absolute Gasteiger partial charge is 0.224 e. The Labute approximate surface area is 155 Å². The van der Waals surface area contributed by atoms with E-state index in [0.717, 1.165) is 24.2 Å². The van der Waals surface area contributed by atoms with E-state index in [1.54, 1.807) is 6.20 Å². The summed E-state index contributed by atoms with van der Waals surface area (Å²) in [6, 6.07) is 13.2. The van der Waals surface area contributed by atoms with Gasteiger partial charge in [0.15, 0.2) is 0 Å². The molecule has 1 heterocycles. The Morgan fingerprint density at radius 3 is 2.73 bits per heavy atom. The molecule has 0 bridgehead atoms. The molecule has 0 radical (unpaired) electrons. The number of nitrogens with zero attached hydrogens (tertiary/aromatic N) is 1. The van der Waals surface area contributed by atoms with Crippen LogP contribution in [0, 0.1) is 5.41 Å². The first-order valence-corrected chi connectivity index (χ1v) is 9.32.